The van der Waals surface area contributed by atoms with Crippen molar-refractivity contribution in [3.05, 3.63) is 78.3 Å². The fourth-order valence-corrected chi connectivity index (χ4v) is 5.05. The first kappa shape index (κ1) is 20.2. The minimum Gasteiger partial charge on any atom is -0.459 e. The van der Waals surface area contributed by atoms with Crippen molar-refractivity contribution in [3.63, 3.8) is 0 Å². The summed E-state index contributed by atoms with van der Waals surface area (Å²) >= 11 is 0. The van der Waals surface area contributed by atoms with Gasteiger partial charge in [-0.2, -0.15) is 0 Å². The largest absolute Gasteiger partial charge is 0.459 e. The lowest BCUT2D eigenvalue weighted by Gasteiger charge is -2.18. The molecule has 4 rings (SSSR count). The van der Waals surface area contributed by atoms with E-state index in [1.165, 1.54) is 30.9 Å². The highest BCUT2D eigenvalue weighted by Crippen LogP contribution is 2.25. The minimum atomic E-state index is -3.58. The van der Waals surface area contributed by atoms with Crippen LogP contribution in [-0.4, -0.2) is 27.4 Å². The van der Waals surface area contributed by atoms with E-state index in [1.807, 2.05) is 24.3 Å². The van der Waals surface area contributed by atoms with Crippen molar-refractivity contribution in [3.8, 4) is 0 Å². The van der Waals surface area contributed by atoms with Crippen molar-refractivity contribution >= 4 is 27.1 Å². The van der Waals surface area contributed by atoms with Crippen LogP contribution in [0.2, 0.25) is 0 Å². The zero-order valence-electron chi connectivity index (χ0n) is 16.7. The van der Waals surface area contributed by atoms with E-state index in [9.17, 15) is 13.2 Å². The van der Waals surface area contributed by atoms with Crippen LogP contribution in [0.1, 0.15) is 29.5 Å². The lowest BCUT2D eigenvalue weighted by molar-refractivity contribution is 0.0996. The average Bonchev–Trinajstić information content (AvgIpc) is 3.38. The molecule has 0 spiro atoms. The number of nitrogens with one attached hydrogen (secondary N) is 1. The molecule has 0 radical (unpaired) electrons. The van der Waals surface area contributed by atoms with Crippen LogP contribution in [0.5, 0.6) is 0 Å². The normalized spacial score (nSPS) is 16.6. The quantitative estimate of drug-likeness (QED) is 0.636. The first-order valence-electron chi connectivity index (χ1n) is 9.93. The van der Waals surface area contributed by atoms with Crippen molar-refractivity contribution in [2.24, 2.45) is 5.92 Å². The van der Waals surface area contributed by atoms with Crippen LogP contribution < -0.4 is 10.2 Å². The van der Waals surface area contributed by atoms with Gasteiger partial charge < -0.3 is 14.6 Å². The maximum Gasteiger partial charge on any atom is 0.291 e. The SMILES string of the molecule is CC1CCN(c2ccc(NC(=O)c3occc3CS(=O)(=O)c3ccccc3)cc2)C1. The first-order valence-corrected chi connectivity index (χ1v) is 11.6. The van der Waals surface area contributed by atoms with Crippen molar-refractivity contribution in [2.45, 2.75) is 24.0 Å². The number of amides is 1. The van der Waals surface area contributed by atoms with Gasteiger partial charge in [-0.1, -0.05) is 25.1 Å². The molecule has 2 aromatic carbocycles. The molecule has 1 saturated heterocycles. The number of carbonyl (C=O) groups is 1. The fraction of sp³-hybridized carbons (Fsp3) is 0.261. The molecule has 1 amide bonds. The van der Waals surface area contributed by atoms with E-state index < -0.39 is 15.7 Å². The Morgan fingerprint density at radius 1 is 1.10 bits per heavy atom. The summed E-state index contributed by atoms with van der Waals surface area (Å²) in [4.78, 5) is 15.2. The van der Waals surface area contributed by atoms with Crippen molar-refractivity contribution in [2.75, 3.05) is 23.3 Å². The Balaban J connectivity index is 1.46. The zero-order chi connectivity index (χ0) is 21.1. The van der Waals surface area contributed by atoms with Gasteiger partial charge in [0, 0.05) is 30.0 Å². The molecular weight excluding hydrogens is 400 g/mol. The third-order valence-corrected chi connectivity index (χ3v) is 7.00. The second-order valence-electron chi connectivity index (χ2n) is 7.69. The topological polar surface area (TPSA) is 79.6 Å². The molecule has 6 nitrogen and oxygen atoms in total. The summed E-state index contributed by atoms with van der Waals surface area (Å²) < 4.78 is 30.6. The third kappa shape index (κ3) is 4.41. The third-order valence-electron chi connectivity index (χ3n) is 5.32. The minimum absolute atomic E-state index is 0.00644. The van der Waals surface area contributed by atoms with Crippen LogP contribution in [0.15, 0.2) is 76.2 Å². The Morgan fingerprint density at radius 3 is 2.50 bits per heavy atom. The second kappa shape index (κ2) is 8.36. The first-order chi connectivity index (χ1) is 14.4. The monoisotopic (exact) mass is 424 g/mol. The summed E-state index contributed by atoms with van der Waals surface area (Å²) in [5.41, 5.74) is 2.09. The number of hydrogen-bond acceptors (Lipinski definition) is 5. The maximum atomic E-state index is 12.7. The molecule has 0 saturated carbocycles. The van der Waals surface area contributed by atoms with E-state index in [0.717, 1.165) is 18.8 Å². The van der Waals surface area contributed by atoms with Gasteiger partial charge in [-0.3, -0.25) is 4.79 Å². The number of carbonyl (C=O) groups excluding carboxylic acids is 1. The predicted molar refractivity (Wildman–Crippen MR) is 116 cm³/mol. The number of nitrogens with zero attached hydrogens (tertiary/aromatic N) is 1. The Hall–Kier alpha value is -3.06. The summed E-state index contributed by atoms with van der Waals surface area (Å²) in [5, 5.41) is 2.79. The summed E-state index contributed by atoms with van der Waals surface area (Å²) in [6, 6.07) is 17.4. The molecule has 1 fully saturated rings. The van der Waals surface area contributed by atoms with Crippen LogP contribution in [0.4, 0.5) is 11.4 Å². The Kier molecular flexibility index (Phi) is 5.63. The van der Waals surface area contributed by atoms with Gasteiger partial charge in [-0.25, -0.2) is 8.42 Å². The van der Waals surface area contributed by atoms with Gasteiger partial charge in [0.25, 0.3) is 5.91 Å². The van der Waals surface area contributed by atoms with E-state index in [-0.39, 0.29) is 16.4 Å². The number of sulfone groups is 1. The second-order valence-corrected chi connectivity index (χ2v) is 9.68. The molecule has 30 heavy (non-hydrogen) atoms. The fourth-order valence-electron chi connectivity index (χ4n) is 3.68. The van der Waals surface area contributed by atoms with Crippen molar-refractivity contribution in [1.82, 2.24) is 0 Å². The van der Waals surface area contributed by atoms with Gasteiger partial charge in [0.05, 0.1) is 16.9 Å². The summed E-state index contributed by atoms with van der Waals surface area (Å²) in [5.74, 6) is -0.0795. The molecule has 1 aromatic heterocycles. The lowest BCUT2D eigenvalue weighted by atomic mass is 10.2. The highest BCUT2D eigenvalue weighted by molar-refractivity contribution is 7.90. The zero-order valence-corrected chi connectivity index (χ0v) is 17.6. The van der Waals surface area contributed by atoms with Crippen LogP contribution in [0.25, 0.3) is 0 Å². The standard InChI is InChI=1S/C23H24N2O4S/c1-17-11-13-25(15-17)20-9-7-19(8-10-20)24-23(26)22-18(12-14-29-22)16-30(27,28)21-5-3-2-4-6-21/h2-10,12,14,17H,11,13,15-16H2,1H3,(H,24,26). The summed E-state index contributed by atoms with van der Waals surface area (Å²) in [6.07, 6.45) is 2.52. The highest BCUT2D eigenvalue weighted by atomic mass is 32.2. The molecule has 1 unspecified atom stereocenters. The molecule has 0 bridgehead atoms. The van der Waals surface area contributed by atoms with Crippen molar-refractivity contribution < 1.29 is 17.6 Å². The number of benzene rings is 2. The van der Waals surface area contributed by atoms with E-state index >= 15 is 0 Å². The highest BCUT2D eigenvalue weighted by Gasteiger charge is 2.23. The Bertz CT molecular complexity index is 1120. The maximum absolute atomic E-state index is 12.7. The van der Waals surface area contributed by atoms with Crippen molar-refractivity contribution in [1.29, 1.82) is 0 Å². The van der Waals surface area contributed by atoms with E-state index in [4.69, 9.17) is 4.42 Å². The molecule has 1 aliphatic heterocycles. The molecule has 7 heteroatoms. The molecular formula is C23H24N2O4S. The molecule has 1 aliphatic rings. The molecule has 1 N–H and O–H groups in total. The summed E-state index contributed by atoms with van der Waals surface area (Å²) in [6.45, 7) is 4.32. The van der Waals surface area contributed by atoms with Gasteiger partial charge in [0.15, 0.2) is 15.6 Å². The average molecular weight is 425 g/mol. The van der Waals surface area contributed by atoms with Gasteiger partial charge in [0.2, 0.25) is 0 Å². The molecule has 1 atom stereocenters. The number of rotatable bonds is 6. The number of furan rings is 1. The molecule has 0 aliphatic carbocycles. The van der Waals surface area contributed by atoms with Crippen LogP contribution in [0, 0.1) is 5.92 Å². The van der Waals surface area contributed by atoms with E-state index in [0.29, 0.717) is 17.2 Å². The predicted octanol–water partition coefficient (Wildman–Crippen LogP) is 4.35. The lowest BCUT2D eigenvalue weighted by Crippen LogP contribution is -2.19. The smallest absolute Gasteiger partial charge is 0.291 e. The van der Waals surface area contributed by atoms with E-state index in [2.05, 4.69) is 17.1 Å². The Morgan fingerprint density at radius 2 is 1.83 bits per heavy atom. The van der Waals surface area contributed by atoms with Gasteiger partial charge in [-0.05, 0) is 54.8 Å². The van der Waals surface area contributed by atoms with Gasteiger partial charge >= 0.3 is 0 Å². The number of anilines is 2. The van der Waals surface area contributed by atoms with Gasteiger partial charge in [-0.15, -0.1) is 0 Å². The van der Waals surface area contributed by atoms with Crippen LogP contribution in [-0.2, 0) is 15.6 Å². The molecule has 156 valence electrons. The van der Waals surface area contributed by atoms with E-state index in [1.54, 1.807) is 18.2 Å². The Labute approximate surface area is 176 Å². The molecule has 2 heterocycles. The summed E-state index contributed by atoms with van der Waals surface area (Å²) in [7, 11) is -3.58. The van der Waals surface area contributed by atoms with Crippen LogP contribution >= 0.6 is 0 Å². The van der Waals surface area contributed by atoms with Gasteiger partial charge in [0.1, 0.15) is 0 Å². The van der Waals surface area contributed by atoms with Crippen LogP contribution in [0.3, 0.4) is 0 Å². The molecule has 3 aromatic rings. The number of hydrogen-bond donors (Lipinski definition) is 1.